The first-order valence-corrected chi connectivity index (χ1v) is 7.23. The van der Waals surface area contributed by atoms with Crippen LogP contribution in [-0.4, -0.2) is 17.9 Å². The van der Waals surface area contributed by atoms with Gasteiger partial charge in [0.25, 0.3) is 0 Å². The number of unbranched alkanes of at least 4 members (excludes halogenated alkanes) is 1. The van der Waals surface area contributed by atoms with Crippen LogP contribution in [0.15, 0.2) is 11.1 Å². The quantitative estimate of drug-likeness (QED) is 0.260. The largest absolute Gasteiger partial charge is 0.303 e. The van der Waals surface area contributed by atoms with Crippen LogP contribution in [0.3, 0.4) is 0 Å². The van der Waals surface area contributed by atoms with Crippen LogP contribution in [0.5, 0.6) is 0 Å². The van der Waals surface area contributed by atoms with Crippen molar-refractivity contribution in [3.05, 3.63) is 11.1 Å². The van der Waals surface area contributed by atoms with Gasteiger partial charge >= 0.3 is 0 Å². The molecular weight excluding hydrogens is 260 g/mol. The zero-order valence-corrected chi connectivity index (χ0v) is 12.6. The molecule has 0 N–H and O–H groups in total. The van der Waals surface area contributed by atoms with E-state index in [1.54, 1.807) is 0 Å². The standard InChI is InChI=1S/C16H21ClO2/c1-12-8-9-13(11-18)16(2,3)15(12)14(19)7-5-4-6-10-17/h11,13H,4,6,8-10H2,1-3H3. The predicted octanol–water partition coefficient (Wildman–Crippen LogP) is 3.53. The highest BCUT2D eigenvalue weighted by Gasteiger charge is 2.39. The van der Waals surface area contributed by atoms with Crippen LogP contribution >= 0.6 is 11.6 Å². The van der Waals surface area contributed by atoms with Crippen LogP contribution in [0.2, 0.25) is 0 Å². The zero-order valence-electron chi connectivity index (χ0n) is 11.9. The molecule has 0 aromatic heterocycles. The van der Waals surface area contributed by atoms with Gasteiger partial charge in [0, 0.05) is 29.2 Å². The first-order chi connectivity index (χ1) is 8.95. The number of hydrogen-bond donors (Lipinski definition) is 0. The summed E-state index contributed by atoms with van der Waals surface area (Å²) >= 11 is 5.57. The molecule has 1 aliphatic rings. The molecule has 1 aliphatic carbocycles. The lowest BCUT2D eigenvalue weighted by molar-refractivity contribution is -0.115. The van der Waals surface area contributed by atoms with Gasteiger partial charge in [0.15, 0.2) is 0 Å². The van der Waals surface area contributed by atoms with Crippen LogP contribution < -0.4 is 0 Å². The molecule has 0 radical (unpaired) electrons. The summed E-state index contributed by atoms with van der Waals surface area (Å²) in [5.41, 5.74) is 1.39. The molecule has 0 bridgehead atoms. The first-order valence-electron chi connectivity index (χ1n) is 6.69. The third-order valence-electron chi connectivity index (χ3n) is 3.86. The van der Waals surface area contributed by atoms with Gasteiger partial charge in [-0.3, -0.25) is 4.79 Å². The fourth-order valence-corrected chi connectivity index (χ4v) is 2.81. The maximum atomic E-state index is 12.3. The lowest BCUT2D eigenvalue weighted by Gasteiger charge is -2.37. The normalized spacial score (nSPS) is 21.6. The first kappa shape index (κ1) is 16.0. The second kappa shape index (κ2) is 6.91. The third-order valence-corrected chi connectivity index (χ3v) is 4.12. The van der Waals surface area contributed by atoms with E-state index in [0.29, 0.717) is 12.3 Å². The Labute approximate surface area is 120 Å². The van der Waals surface area contributed by atoms with Crippen LogP contribution in [-0.2, 0) is 9.59 Å². The minimum atomic E-state index is -0.414. The van der Waals surface area contributed by atoms with E-state index in [2.05, 4.69) is 11.8 Å². The predicted molar refractivity (Wildman–Crippen MR) is 78.0 cm³/mol. The number of aldehydes is 1. The van der Waals surface area contributed by atoms with Gasteiger partial charge in [-0.1, -0.05) is 25.3 Å². The molecule has 1 unspecified atom stereocenters. The summed E-state index contributed by atoms with van der Waals surface area (Å²) in [6, 6.07) is 0. The van der Waals surface area contributed by atoms with Crippen LogP contribution in [0.4, 0.5) is 0 Å². The summed E-state index contributed by atoms with van der Waals surface area (Å²) in [4.78, 5) is 23.4. The molecule has 0 saturated carbocycles. The van der Waals surface area contributed by atoms with Gasteiger partial charge in [-0.05, 0) is 32.1 Å². The third kappa shape index (κ3) is 3.70. The van der Waals surface area contributed by atoms with Gasteiger partial charge in [-0.2, -0.15) is 0 Å². The van der Waals surface area contributed by atoms with Crippen molar-refractivity contribution < 1.29 is 9.59 Å². The second-order valence-electron chi connectivity index (χ2n) is 5.58. The highest BCUT2D eigenvalue weighted by atomic mass is 35.5. The monoisotopic (exact) mass is 280 g/mol. The van der Waals surface area contributed by atoms with Crippen molar-refractivity contribution in [2.45, 2.75) is 46.5 Å². The van der Waals surface area contributed by atoms with Crippen molar-refractivity contribution >= 4 is 23.7 Å². The molecule has 0 aromatic carbocycles. The van der Waals surface area contributed by atoms with Gasteiger partial charge in [0.1, 0.15) is 6.29 Å². The van der Waals surface area contributed by atoms with Crippen molar-refractivity contribution in [2.24, 2.45) is 11.3 Å². The molecule has 0 fully saturated rings. The molecule has 0 heterocycles. The summed E-state index contributed by atoms with van der Waals surface area (Å²) in [6.07, 6.45) is 4.02. The van der Waals surface area contributed by atoms with Gasteiger partial charge in [-0.25, -0.2) is 0 Å². The average molecular weight is 281 g/mol. The number of alkyl halides is 1. The van der Waals surface area contributed by atoms with E-state index in [1.165, 1.54) is 0 Å². The van der Waals surface area contributed by atoms with Crippen molar-refractivity contribution in [1.82, 2.24) is 0 Å². The van der Waals surface area contributed by atoms with Gasteiger partial charge in [-0.15, -0.1) is 11.6 Å². The molecule has 0 aromatic rings. The van der Waals surface area contributed by atoms with Gasteiger partial charge < -0.3 is 4.79 Å². The topological polar surface area (TPSA) is 34.1 Å². The summed E-state index contributed by atoms with van der Waals surface area (Å²) in [7, 11) is 0. The second-order valence-corrected chi connectivity index (χ2v) is 5.96. The van der Waals surface area contributed by atoms with E-state index in [9.17, 15) is 9.59 Å². The summed E-state index contributed by atoms with van der Waals surface area (Å²) in [5.74, 6) is 5.89. The van der Waals surface area contributed by atoms with E-state index in [-0.39, 0.29) is 11.7 Å². The fraction of sp³-hybridized carbons (Fsp3) is 0.625. The van der Waals surface area contributed by atoms with E-state index in [4.69, 9.17) is 11.6 Å². The minimum Gasteiger partial charge on any atom is -0.303 e. The van der Waals surface area contributed by atoms with Crippen molar-refractivity contribution in [3.8, 4) is 11.8 Å². The van der Waals surface area contributed by atoms with E-state index >= 15 is 0 Å². The number of carbonyl (C=O) groups is 2. The number of halogens is 1. The Hall–Kier alpha value is -1.07. The molecule has 2 nitrogen and oxygen atoms in total. The summed E-state index contributed by atoms with van der Waals surface area (Å²) in [5, 5.41) is 0. The molecule has 0 spiro atoms. The number of allylic oxidation sites excluding steroid dienone is 2. The molecule has 104 valence electrons. The van der Waals surface area contributed by atoms with Crippen molar-refractivity contribution in [1.29, 1.82) is 0 Å². The number of carbonyl (C=O) groups excluding carboxylic acids is 2. The lowest BCUT2D eigenvalue weighted by atomic mass is 9.65. The molecule has 0 amide bonds. The Balaban J connectivity index is 2.97. The Kier molecular flexibility index (Phi) is 5.82. The van der Waals surface area contributed by atoms with Crippen molar-refractivity contribution in [3.63, 3.8) is 0 Å². The van der Waals surface area contributed by atoms with Gasteiger partial charge in [0.2, 0.25) is 5.78 Å². The maximum Gasteiger partial charge on any atom is 0.232 e. The molecular formula is C16H21ClO2. The zero-order chi connectivity index (χ0) is 14.5. The Morgan fingerprint density at radius 2 is 2.21 bits per heavy atom. The summed E-state index contributed by atoms with van der Waals surface area (Å²) < 4.78 is 0. The van der Waals surface area contributed by atoms with E-state index in [1.807, 2.05) is 20.8 Å². The molecule has 1 rings (SSSR count). The molecule has 0 aliphatic heterocycles. The van der Waals surface area contributed by atoms with Crippen molar-refractivity contribution in [2.75, 3.05) is 5.88 Å². The van der Waals surface area contributed by atoms with Crippen LogP contribution in [0.1, 0.15) is 46.5 Å². The number of Topliss-reactive ketones (excluding diaryl/α,β-unsaturated/α-hetero) is 1. The number of hydrogen-bond acceptors (Lipinski definition) is 2. The molecule has 0 saturated heterocycles. The van der Waals surface area contributed by atoms with E-state index < -0.39 is 5.41 Å². The smallest absolute Gasteiger partial charge is 0.232 e. The molecule has 1 atom stereocenters. The minimum absolute atomic E-state index is 0.0974. The average Bonchev–Trinajstić information content (AvgIpc) is 2.34. The van der Waals surface area contributed by atoms with Crippen LogP contribution in [0.25, 0.3) is 0 Å². The molecule has 19 heavy (non-hydrogen) atoms. The van der Waals surface area contributed by atoms with Crippen LogP contribution in [0, 0.1) is 23.2 Å². The summed E-state index contributed by atoms with van der Waals surface area (Å²) in [6.45, 7) is 5.89. The SMILES string of the molecule is CC1=C(C(=O)C#CCCCCl)C(C)(C)C(C=O)CC1. The Morgan fingerprint density at radius 3 is 2.79 bits per heavy atom. The Morgan fingerprint density at radius 1 is 1.53 bits per heavy atom. The van der Waals surface area contributed by atoms with Gasteiger partial charge in [0.05, 0.1) is 0 Å². The number of ketones is 1. The molecule has 3 heteroatoms. The fourth-order valence-electron chi connectivity index (χ4n) is 2.68. The lowest BCUT2D eigenvalue weighted by Crippen LogP contribution is -2.34. The highest BCUT2D eigenvalue weighted by Crippen LogP contribution is 2.43. The Bertz CT molecular complexity index is 449. The number of rotatable bonds is 4. The highest BCUT2D eigenvalue weighted by molar-refractivity contribution is 6.17. The van der Waals surface area contributed by atoms with E-state index in [0.717, 1.165) is 36.7 Å². The maximum absolute atomic E-state index is 12.3.